The van der Waals surface area contributed by atoms with Gasteiger partial charge in [0.2, 0.25) is 5.95 Å². The topological polar surface area (TPSA) is 69.9 Å². The van der Waals surface area contributed by atoms with Gasteiger partial charge in [0.1, 0.15) is 5.82 Å². The van der Waals surface area contributed by atoms with E-state index in [1.807, 2.05) is 24.3 Å². The predicted molar refractivity (Wildman–Crippen MR) is 117 cm³/mol. The van der Waals surface area contributed by atoms with E-state index in [4.69, 9.17) is 0 Å². The van der Waals surface area contributed by atoms with Gasteiger partial charge in [-0.2, -0.15) is 13.2 Å². The summed E-state index contributed by atoms with van der Waals surface area (Å²) in [6.07, 6.45) is 0.676. The van der Waals surface area contributed by atoms with Crippen molar-refractivity contribution in [2.45, 2.75) is 45.7 Å². The van der Waals surface area contributed by atoms with Gasteiger partial charge in [0.25, 0.3) is 5.56 Å². The van der Waals surface area contributed by atoms with Crippen molar-refractivity contribution in [1.82, 2.24) is 19.5 Å². The molecule has 32 heavy (non-hydrogen) atoms. The molecule has 0 atom stereocenters. The lowest BCUT2D eigenvalue weighted by Crippen LogP contribution is -2.29. The van der Waals surface area contributed by atoms with Crippen molar-refractivity contribution >= 4 is 15.9 Å². The molecular formula is C22H22BrF3N4O2. The van der Waals surface area contributed by atoms with Gasteiger partial charge in [0.05, 0.1) is 18.1 Å². The maximum absolute atomic E-state index is 13.4. The Morgan fingerprint density at radius 1 is 1.12 bits per heavy atom. The highest BCUT2D eigenvalue weighted by atomic mass is 79.9. The van der Waals surface area contributed by atoms with E-state index in [1.165, 1.54) is 4.57 Å². The summed E-state index contributed by atoms with van der Waals surface area (Å²) in [7, 11) is 0. The number of aryl methyl sites for hydroxylation is 2. The minimum Gasteiger partial charge on any atom is -0.481 e. The average molecular weight is 511 g/mol. The molecule has 2 heterocycles. The molecular weight excluding hydrogens is 489 g/mol. The molecule has 2 aromatic heterocycles. The maximum Gasteiger partial charge on any atom is 0.422 e. The molecule has 0 saturated carbocycles. The van der Waals surface area contributed by atoms with Crippen molar-refractivity contribution in [2.24, 2.45) is 0 Å². The highest BCUT2D eigenvalue weighted by Crippen LogP contribution is 2.19. The van der Waals surface area contributed by atoms with E-state index in [-0.39, 0.29) is 17.3 Å². The fraction of sp³-hybridized carbons (Fsp3) is 0.364. The van der Waals surface area contributed by atoms with E-state index < -0.39 is 12.8 Å². The van der Waals surface area contributed by atoms with Crippen molar-refractivity contribution in [3.05, 3.63) is 74.1 Å². The molecule has 0 spiro atoms. The molecule has 0 aliphatic heterocycles. The number of unbranched alkanes of at least 4 members (excludes halogenated alkanes) is 1. The van der Waals surface area contributed by atoms with E-state index in [2.05, 4.69) is 42.5 Å². The van der Waals surface area contributed by atoms with Crippen molar-refractivity contribution in [3.63, 3.8) is 0 Å². The molecule has 170 valence electrons. The summed E-state index contributed by atoms with van der Waals surface area (Å²) in [6, 6.07) is 7.68. The Morgan fingerprint density at radius 2 is 1.78 bits per heavy atom. The van der Waals surface area contributed by atoms with Gasteiger partial charge in [-0.3, -0.25) is 4.79 Å². The average Bonchev–Trinajstić information content (AvgIpc) is 2.74. The highest BCUT2D eigenvalue weighted by molar-refractivity contribution is 9.10. The molecule has 1 aromatic carbocycles. The third-order valence-corrected chi connectivity index (χ3v) is 5.24. The summed E-state index contributed by atoms with van der Waals surface area (Å²) in [5.74, 6) is 0.294. The zero-order valence-corrected chi connectivity index (χ0v) is 19.2. The van der Waals surface area contributed by atoms with E-state index in [9.17, 15) is 18.0 Å². The van der Waals surface area contributed by atoms with E-state index in [1.54, 1.807) is 6.92 Å². The minimum absolute atomic E-state index is 0.0263. The van der Waals surface area contributed by atoms with Crippen molar-refractivity contribution in [3.8, 4) is 11.7 Å². The van der Waals surface area contributed by atoms with Gasteiger partial charge < -0.3 is 4.74 Å². The first kappa shape index (κ1) is 23.9. The highest BCUT2D eigenvalue weighted by Gasteiger charge is 2.28. The van der Waals surface area contributed by atoms with E-state index in [0.717, 1.165) is 41.0 Å². The zero-order chi connectivity index (χ0) is 23.3. The first-order chi connectivity index (χ1) is 15.2. The third-order valence-electron chi connectivity index (χ3n) is 4.71. The van der Waals surface area contributed by atoms with E-state index >= 15 is 0 Å². The second-order valence-electron chi connectivity index (χ2n) is 7.25. The van der Waals surface area contributed by atoms with Gasteiger partial charge in [0, 0.05) is 16.5 Å². The normalized spacial score (nSPS) is 11.6. The molecule has 0 fully saturated rings. The van der Waals surface area contributed by atoms with Gasteiger partial charge >= 0.3 is 6.18 Å². The SMILES string of the molecule is CCCCc1nc(C)n(-c2ncc(OCC(F)(F)F)cn2)c(=O)c1Cc1ccc(Br)cc1. The second kappa shape index (κ2) is 10.2. The summed E-state index contributed by atoms with van der Waals surface area (Å²) < 4.78 is 43.9. The fourth-order valence-electron chi connectivity index (χ4n) is 3.15. The van der Waals surface area contributed by atoms with Crippen molar-refractivity contribution < 1.29 is 17.9 Å². The summed E-state index contributed by atoms with van der Waals surface area (Å²) in [6.45, 7) is 2.30. The summed E-state index contributed by atoms with van der Waals surface area (Å²) in [5, 5.41) is 0. The number of nitrogens with zero attached hydrogens (tertiary/aromatic N) is 4. The first-order valence-corrected chi connectivity index (χ1v) is 10.8. The van der Waals surface area contributed by atoms with Gasteiger partial charge in [-0.25, -0.2) is 19.5 Å². The molecule has 0 saturated heterocycles. The smallest absolute Gasteiger partial charge is 0.422 e. The van der Waals surface area contributed by atoms with Crippen LogP contribution in [0.3, 0.4) is 0 Å². The van der Waals surface area contributed by atoms with Crippen LogP contribution in [0.5, 0.6) is 5.75 Å². The van der Waals surface area contributed by atoms with E-state index in [0.29, 0.717) is 24.2 Å². The van der Waals surface area contributed by atoms with Crippen LogP contribution in [-0.2, 0) is 12.8 Å². The molecule has 0 aliphatic carbocycles. The lowest BCUT2D eigenvalue weighted by Gasteiger charge is -2.15. The maximum atomic E-state index is 13.4. The Bertz CT molecular complexity index is 1110. The van der Waals surface area contributed by atoms with Crippen LogP contribution >= 0.6 is 15.9 Å². The van der Waals surface area contributed by atoms with Gasteiger partial charge in [0.15, 0.2) is 12.4 Å². The number of halogens is 4. The molecule has 0 unspecified atom stereocenters. The Hall–Kier alpha value is -2.75. The fourth-order valence-corrected chi connectivity index (χ4v) is 3.42. The van der Waals surface area contributed by atoms with Crippen LogP contribution in [0, 0.1) is 6.92 Å². The molecule has 0 radical (unpaired) electrons. The van der Waals surface area contributed by atoms with Crippen molar-refractivity contribution in [2.75, 3.05) is 6.61 Å². The largest absolute Gasteiger partial charge is 0.481 e. The van der Waals surface area contributed by atoms with Crippen LogP contribution in [0.25, 0.3) is 5.95 Å². The number of alkyl halides is 3. The second-order valence-corrected chi connectivity index (χ2v) is 8.17. The standard InChI is InChI=1S/C22H22BrF3N4O2/c1-3-4-5-19-18(10-15-6-8-16(23)9-7-15)20(31)30(14(2)29-19)21-27-11-17(12-28-21)32-13-22(24,25)26/h6-9,11-12H,3-5,10,13H2,1-2H3. The number of aromatic nitrogens is 4. The lowest BCUT2D eigenvalue weighted by atomic mass is 10.0. The number of rotatable bonds is 8. The molecule has 0 amide bonds. The Kier molecular flexibility index (Phi) is 7.65. The van der Waals surface area contributed by atoms with Crippen LogP contribution < -0.4 is 10.3 Å². The summed E-state index contributed by atoms with van der Waals surface area (Å²) >= 11 is 3.41. The lowest BCUT2D eigenvalue weighted by molar-refractivity contribution is -0.153. The monoisotopic (exact) mass is 510 g/mol. The molecule has 3 aromatic rings. The number of hydrogen-bond donors (Lipinski definition) is 0. The number of hydrogen-bond acceptors (Lipinski definition) is 5. The first-order valence-electron chi connectivity index (χ1n) is 10.1. The Labute approximate surface area is 191 Å². The molecule has 10 heteroatoms. The summed E-state index contributed by atoms with van der Waals surface area (Å²) in [5.41, 5.74) is 1.94. The molecule has 0 aliphatic rings. The van der Waals surface area contributed by atoms with Crippen LogP contribution in [0.2, 0.25) is 0 Å². The van der Waals surface area contributed by atoms with Crippen molar-refractivity contribution in [1.29, 1.82) is 0 Å². The zero-order valence-electron chi connectivity index (χ0n) is 17.6. The third kappa shape index (κ3) is 6.15. The molecule has 6 nitrogen and oxygen atoms in total. The van der Waals surface area contributed by atoms with Crippen LogP contribution in [0.1, 0.15) is 42.4 Å². The Balaban J connectivity index is 1.98. The minimum atomic E-state index is -4.47. The van der Waals surface area contributed by atoms with Crippen LogP contribution in [-0.4, -0.2) is 32.3 Å². The summed E-state index contributed by atoms with van der Waals surface area (Å²) in [4.78, 5) is 26.2. The number of ether oxygens (including phenoxy) is 1. The molecule has 0 N–H and O–H groups in total. The van der Waals surface area contributed by atoms with Crippen LogP contribution in [0.15, 0.2) is 45.9 Å². The Morgan fingerprint density at radius 3 is 2.38 bits per heavy atom. The predicted octanol–water partition coefficient (Wildman–Crippen LogP) is 4.97. The van der Waals surface area contributed by atoms with Gasteiger partial charge in [-0.05, 0) is 37.5 Å². The van der Waals surface area contributed by atoms with Gasteiger partial charge in [-0.1, -0.05) is 41.4 Å². The van der Waals surface area contributed by atoms with Crippen LogP contribution in [0.4, 0.5) is 13.2 Å². The quantitative estimate of drug-likeness (QED) is 0.428. The van der Waals surface area contributed by atoms with Gasteiger partial charge in [-0.15, -0.1) is 0 Å². The number of benzene rings is 1. The molecule has 3 rings (SSSR count). The molecule has 0 bridgehead atoms.